The number of carbonyl (C=O) groups is 3. The summed E-state index contributed by atoms with van der Waals surface area (Å²) in [5.74, 6) is -0.961. The largest absolute Gasteiger partial charge is 0.479 e. The Morgan fingerprint density at radius 2 is 1.89 bits per heavy atom. The van der Waals surface area contributed by atoms with Crippen molar-refractivity contribution in [2.24, 2.45) is 0 Å². The molecule has 2 rings (SSSR count). The van der Waals surface area contributed by atoms with Crippen molar-refractivity contribution in [3.63, 3.8) is 0 Å². The van der Waals surface area contributed by atoms with Gasteiger partial charge in [0.1, 0.15) is 5.75 Å². The van der Waals surface area contributed by atoms with Crippen LogP contribution in [0.2, 0.25) is 0 Å². The van der Waals surface area contributed by atoms with Crippen molar-refractivity contribution in [2.75, 3.05) is 46.5 Å². The minimum absolute atomic E-state index is 0.0896. The number of hydrogen-bond acceptors (Lipinski definition) is 7. The van der Waals surface area contributed by atoms with Crippen LogP contribution < -0.4 is 4.74 Å². The predicted molar refractivity (Wildman–Crippen MR) is 97.2 cm³/mol. The Bertz CT molecular complexity index is 737. The summed E-state index contributed by atoms with van der Waals surface area (Å²) in [5.41, 5.74) is 0.475. The highest BCUT2D eigenvalue weighted by Crippen LogP contribution is 2.14. The number of benzene rings is 1. The van der Waals surface area contributed by atoms with Crippen molar-refractivity contribution in [2.45, 2.75) is 13.0 Å². The summed E-state index contributed by atoms with van der Waals surface area (Å²) in [7, 11) is 1.48. The number of esters is 1. The van der Waals surface area contributed by atoms with Crippen LogP contribution in [0.5, 0.6) is 5.75 Å². The molecule has 0 saturated carbocycles. The van der Waals surface area contributed by atoms with Crippen molar-refractivity contribution >= 4 is 17.8 Å². The number of morpholine rings is 1. The van der Waals surface area contributed by atoms with Crippen LogP contribution in [0.15, 0.2) is 24.3 Å². The summed E-state index contributed by atoms with van der Waals surface area (Å²) in [5, 5.41) is 8.76. The van der Waals surface area contributed by atoms with Crippen LogP contribution in [-0.2, 0) is 23.9 Å². The maximum absolute atomic E-state index is 12.1. The Balaban J connectivity index is 1.74. The Hall–Kier alpha value is -3.12. The standard InChI is InChI=1S/C19H23N3O6/c1-14(28-16-5-3-15(11-20)4-6-16)19(25)27-13-18(24)21(2)12-17(23)22-7-9-26-10-8-22/h3-6,14H,7-10,12-13H2,1-2H3/t14-/m1/s1. The number of nitriles is 1. The van der Waals surface area contributed by atoms with Crippen molar-refractivity contribution in [3.05, 3.63) is 29.8 Å². The summed E-state index contributed by atoms with van der Waals surface area (Å²) in [6.45, 7) is 2.90. The van der Waals surface area contributed by atoms with E-state index in [1.807, 2.05) is 6.07 Å². The minimum atomic E-state index is -0.930. The summed E-state index contributed by atoms with van der Waals surface area (Å²) in [6, 6.07) is 8.25. The lowest BCUT2D eigenvalue weighted by Crippen LogP contribution is -2.46. The van der Waals surface area contributed by atoms with Crippen LogP contribution in [0.25, 0.3) is 0 Å². The molecule has 1 fully saturated rings. The summed E-state index contributed by atoms with van der Waals surface area (Å²) in [4.78, 5) is 39.1. The van der Waals surface area contributed by atoms with Crippen LogP contribution in [0.1, 0.15) is 12.5 Å². The van der Waals surface area contributed by atoms with Gasteiger partial charge in [-0.2, -0.15) is 5.26 Å². The molecule has 1 saturated heterocycles. The minimum Gasteiger partial charge on any atom is -0.479 e. The number of rotatable bonds is 7. The van der Waals surface area contributed by atoms with Crippen LogP contribution in [0, 0.1) is 11.3 Å². The average molecular weight is 389 g/mol. The number of likely N-dealkylation sites (N-methyl/N-ethyl adjacent to an activating group) is 1. The number of hydrogen-bond donors (Lipinski definition) is 0. The number of ether oxygens (including phenoxy) is 3. The maximum atomic E-state index is 12.1. The Kier molecular flexibility index (Phi) is 7.77. The van der Waals surface area contributed by atoms with Gasteiger partial charge in [-0.25, -0.2) is 4.79 Å². The van der Waals surface area contributed by atoms with Gasteiger partial charge in [-0.15, -0.1) is 0 Å². The molecule has 2 amide bonds. The molecule has 1 heterocycles. The van der Waals surface area contributed by atoms with Gasteiger partial charge in [0, 0.05) is 20.1 Å². The molecule has 0 aliphatic carbocycles. The normalized spacial score (nSPS) is 14.5. The molecular weight excluding hydrogens is 366 g/mol. The number of nitrogens with zero attached hydrogens (tertiary/aromatic N) is 3. The van der Waals surface area contributed by atoms with Gasteiger partial charge in [-0.05, 0) is 31.2 Å². The first-order valence-corrected chi connectivity index (χ1v) is 8.83. The highest BCUT2D eigenvalue weighted by Gasteiger charge is 2.22. The molecule has 150 valence electrons. The molecule has 0 unspecified atom stereocenters. The lowest BCUT2D eigenvalue weighted by Gasteiger charge is -2.28. The molecule has 1 aliphatic rings. The van der Waals surface area contributed by atoms with E-state index in [0.717, 1.165) is 0 Å². The molecule has 9 heteroatoms. The Morgan fingerprint density at radius 3 is 2.50 bits per heavy atom. The topological polar surface area (TPSA) is 109 Å². The van der Waals surface area contributed by atoms with Crippen molar-refractivity contribution < 1.29 is 28.6 Å². The maximum Gasteiger partial charge on any atom is 0.347 e. The Morgan fingerprint density at radius 1 is 1.25 bits per heavy atom. The third-order valence-electron chi connectivity index (χ3n) is 4.13. The molecule has 1 aromatic carbocycles. The molecule has 28 heavy (non-hydrogen) atoms. The molecule has 0 radical (unpaired) electrons. The van der Waals surface area contributed by atoms with E-state index in [2.05, 4.69) is 0 Å². The summed E-state index contributed by atoms with van der Waals surface area (Å²) < 4.78 is 15.6. The molecule has 1 aromatic rings. The SMILES string of the molecule is C[C@@H](Oc1ccc(C#N)cc1)C(=O)OCC(=O)N(C)CC(=O)N1CCOCC1. The third kappa shape index (κ3) is 6.25. The quantitative estimate of drug-likeness (QED) is 0.612. The van der Waals surface area contributed by atoms with Gasteiger partial charge in [0.25, 0.3) is 5.91 Å². The number of amides is 2. The van der Waals surface area contributed by atoms with Crippen LogP contribution in [-0.4, -0.2) is 80.2 Å². The van der Waals surface area contributed by atoms with Gasteiger partial charge >= 0.3 is 5.97 Å². The van der Waals surface area contributed by atoms with E-state index in [1.54, 1.807) is 29.2 Å². The zero-order valence-corrected chi connectivity index (χ0v) is 15.9. The van der Waals surface area contributed by atoms with Gasteiger partial charge in [0.05, 0.1) is 31.4 Å². The van der Waals surface area contributed by atoms with E-state index >= 15 is 0 Å². The number of carbonyl (C=O) groups excluding carboxylic acids is 3. The zero-order chi connectivity index (χ0) is 20.5. The van der Waals surface area contributed by atoms with Crippen LogP contribution in [0.4, 0.5) is 0 Å². The van der Waals surface area contributed by atoms with Gasteiger partial charge in [-0.1, -0.05) is 0 Å². The van der Waals surface area contributed by atoms with Crippen LogP contribution in [0.3, 0.4) is 0 Å². The molecular formula is C19H23N3O6. The van der Waals surface area contributed by atoms with E-state index in [4.69, 9.17) is 19.5 Å². The fourth-order valence-corrected chi connectivity index (χ4v) is 2.42. The van der Waals surface area contributed by atoms with E-state index in [0.29, 0.717) is 37.6 Å². The van der Waals surface area contributed by atoms with Crippen LogP contribution >= 0.6 is 0 Å². The zero-order valence-electron chi connectivity index (χ0n) is 15.9. The van der Waals surface area contributed by atoms with Gasteiger partial charge in [-0.3, -0.25) is 9.59 Å². The molecule has 1 aliphatic heterocycles. The second-order valence-electron chi connectivity index (χ2n) is 6.25. The molecule has 0 aromatic heterocycles. The molecule has 1 atom stereocenters. The average Bonchev–Trinajstić information content (AvgIpc) is 2.72. The fraction of sp³-hybridized carbons (Fsp3) is 0.474. The van der Waals surface area contributed by atoms with Crippen molar-refractivity contribution in [1.82, 2.24) is 9.80 Å². The highest BCUT2D eigenvalue weighted by atomic mass is 16.6. The van der Waals surface area contributed by atoms with Crippen molar-refractivity contribution in [1.29, 1.82) is 5.26 Å². The Labute approximate surface area is 163 Å². The molecule has 9 nitrogen and oxygen atoms in total. The van der Waals surface area contributed by atoms with E-state index < -0.39 is 24.6 Å². The fourth-order valence-electron chi connectivity index (χ4n) is 2.42. The first kappa shape index (κ1) is 21.2. The van der Waals surface area contributed by atoms with Crippen molar-refractivity contribution in [3.8, 4) is 11.8 Å². The van der Waals surface area contributed by atoms with Gasteiger partial charge < -0.3 is 24.0 Å². The second-order valence-corrected chi connectivity index (χ2v) is 6.25. The lowest BCUT2D eigenvalue weighted by atomic mass is 10.2. The molecule has 0 spiro atoms. The summed E-state index contributed by atoms with van der Waals surface area (Å²) >= 11 is 0. The van der Waals surface area contributed by atoms with E-state index in [-0.39, 0.29) is 12.5 Å². The first-order chi connectivity index (χ1) is 13.4. The second kappa shape index (κ2) is 10.3. The van der Waals surface area contributed by atoms with E-state index in [9.17, 15) is 14.4 Å². The first-order valence-electron chi connectivity index (χ1n) is 8.83. The van der Waals surface area contributed by atoms with Gasteiger partial charge in [0.15, 0.2) is 12.7 Å². The summed E-state index contributed by atoms with van der Waals surface area (Å²) in [6.07, 6.45) is -0.930. The predicted octanol–water partition coefficient (Wildman–Crippen LogP) is 0.186. The monoisotopic (exact) mass is 389 g/mol. The lowest BCUT2D eigenvalue weighted by molar-refractivity contribution is -0.157. The highest BCUT2D eigenvalue weighted by molar-refractivity contribution is 5.86. The third-order valence-corrected chi connectivity index (χ3v) is 4.13. The molecule has 0 bridgehead atoms. The van der Waals surface area contributed by atoms with E-state index in [1.165, 1.54) is 18.9 Å². The molecule has 0 N–H and O–H groups in total. The van der Waals surface area contributed by atoms with Gasteiger partial charge in [0.2, 0.25) is 5.91 Å². The smallest absolute Gasteiger partial charge is 0.347 e.